The number of fused-ring (bicyclic) bond motifs is 5. The molecule has 2 heteroatoms. The number of Topliss-reactive ketones (excluding diaryl/α,β-unsaturated/α-hetero) is 1. The van der Waals surface area contributed by atoms with Gasteiger partial charge in [-0.25, -0.2) is 0 Å². The van der Waals surface area contributed by atoms with Gasteiger partial charge in [0.15, 0.2) is 0 Å². The van der Waals surface area contributed by atoms with Crippen molar-refractivity contribution < 1.29 is 9.53 Å². The van der Waals surface area contributed by atoms with Crippen LogP contribution in [0.15, 0.2) is 11.6 Å². The maximum atomic E-state index is 12.5. The Labute approximate surface area is 153 Å². The molecular formula is C23H36O2. The van der Waals surface area contributed by atoms with E-state index in [1.54, 1.807) is 5.57 Å². The molecule has 25 heavy (non-hydrogen) atoms. The van der Waals surface area contributed by atoms with Crippen molar-refractivity contribution in [3.63, 3.8) is 0 Å². The molecule has 0 aromatic heterocycles. The van der Waals surface area contributed by atoms with Crippen molar-refractivity contribution in [3.05, 3.63) is 11.6 Å². The second-order valence-electron chi connectivity index (χ2n) is 10.8. The zero-order chi connectivity index (χ0) is 18.0. The lowest BCUT2D eigenvalue weighted by atomic mass is 9.48. The Balaban J connectivity index is 1.57. The van der Waals surface area contributed by atoms with E-state index in [0.717, 1.165) is 37.5 Å². The molecule has 140 valence electrons. The van der Waals surface area contributed by atoms with Crippen LogP contribution in [0.5, 0.6) is 0 Å². The summed E-state index contributed by atoms with van der Waals surface area (Å²) in [5.41, 5.74) is 1.97. The summed E-state index contributed by atoms with van der Waals surface area (Å²) in [6, 6.07) is 0. The van der Waals surface area contributed by atoms with Gasteiger partial charge in [0, 0.05) is 11.8 Å². The highest BCUT2D eigenvalue weighted by Gasteiger charge is 2.58. The van der Waals surface area contributed by atoms with E-state index >= 15 is 0 Å². The number of ketones is 1. The first-order chi connectivity index (χ1) is 11.6. The molecule has 0 amide bonds. The number of ether oxygens (including phenoxy) is 1. The molecule has 0 aromatic rings. The summed E-state index contributed by atoms with van der Waals surface area (Å²) in [4.78, 5) is 12.5. The minimum Gasteiger partial charge on any atom is -0.372 e. The van der Waals surface area contributed by atoms with E-state index in [9.17, 15) is 4.79 Å². The van der Waals surface area contributed by atoms with Gasteiger partial charge in [0.1, 0.15) is 5.78 Å². The fraction of sp³-hybridized carbons (Fsp3) is 0.870. The molecule has 0 heterocycles. The highest BCUT2D eigenvalue weighted by Crippen LogP contribution is 2.64. The number of carbonyl (C=O) groups is 1. The third-order valence-electron chi connectivity index (χ3n) is 8.29. The van der Waals surface area contributed by atoms with Gasteiger partial charge in [-0.1, -0.05) is 25.5 Å². The summed E-state index contributed by atoms with van der Waals surface area (Å²) in [6.45, 7) is 11.3. The van der Waals surface area contributed by atoms with Gasteiger partial charge in [0.25, 0.3) is 0 Å². The molecule has 0 N–H and O–H groups in total. The number of rotatable bonds is 1. The zero-order valence-electron chi connectivity index (χ0n) is 16.9. The molecule has 0 radical (unpaired) electrons. The summed E-state index contributed by atoms with van der Waals surface area (Å²) >= 11 is 0. The van der Waals surface area contributed by atoms with Crippen LogP contribution in [0.2, 0.25) is 0 Å². The van der Waals surface area contributed by atoms with Crippen molar-refractivity contribution in [3.8, 4) is 0 Å². The lowest BCUT2D eigenvalue weighted by Crippen LogP contribution is -2.50. The van der Waals surface area contributed by atoms with E-state index in [1.165, 1.54) is 25.7 Å². The fourth-order valence-corrected chi connectivity index (χ4v) is 7.00. The predicted molar refractivity (Wildman–Crippen MR) is 101 cm³/mol. The van der Waals surface area contributed by atoms with Gasteiger partial charge in [-0.15, -0.1) is 0 Å². The third kappa shape index (κ3) is 2.74. The molecule has 4 rings (SSSR count). The minimum atomic E-state index is -0.0486. The van der Waals surface area contributed by atoms with Crippen LogP contribution in [0.1, 0.15) is 86.0 Å². The van der Waals surface area contributed by atoms with Crippen LogP contribution in [0.25, 0.3) is 0 Å². The molecule has 4 aliphatic rings. The summed E-state index contributed by atoms with van der Waals surface area (Å²) in [5, 5.41) is 0. The molecular weight excluding hydrogens is 308 g/mol. The lowest BCUT2D eigenvalue weighted by molar-refractivity contribution is -0.132. The molecule has 3 saturated carbocycles. The molecule has 0 aliphatic heterocycles. The number of hydrogen-bond acceptors (Lipinski definition) is 2. The van der Waals surface area contributed by atoms with Crippen molar-refractivity contribution in [1.29, 1.82) is 0 Å². The average molecular weight is 345 g/mol. The smallest absolute Gasteiger partial charge is 0.139 e. The topological polar surface area (TPSA) is 26.3 Å². The Morgan fingerprint density at radius 3 is 2.44 bits per heavy atom. The van der Waals surface area contributed by atoms with Crippen molar-refractivity contribution in [1.82, 2.24) is 0 Å². The number of allylic oxidation sites excluding steroid dienone is 1. The molecule has 3 fully saturated rings. The number of hydrogen-bond donors (Lipinski definition) is 0. The Kier molecular flexibility index (Phi) is 4.04. The largest absolute Gasteiger partial charge is 0.372 e. The summed E-state index contributed by atoms with van der Waals surface area (Å²) < 4.78 is 6.32. The zero-order valence-corrected chi connectivity index (χ0v) is 16.9. The molecule has 0 unspecified atom stereocenters. The first kappa shape index (κ1) is 17.8. The molecule has 0 saturated heterocycles. The van der Waals surface area contributed by atoms with Crippen molar-refractivity contribution >= 4 is 5.78 Å². The molecule has 0 bridgehead atoms. The first-order valence-corrected chi connectivity index (χ1v) is 10.5. The van der Waals surface area contributed by atoms with Gasteiger partial charge in [0.05, 0.1) is 11.7 Å². The van der Waals surface area contributed by atoms with Crippen LogP contribution in [-0.4, -0.2) is 17.5 Å². The third-order valence-corrected chi connectivity index (χ3v) is 8.29. The van der Waals surface area contributed by atoms with Gasteiger partial charge in [-0.3, -0.25) is 4.79 Å². The van der Waals surface area contributed by atoms with Crippen LogP contribution in [0.3, 0.4) is 0 Å². The van der Waals surface area contributed by atoms with Gasteiger partial charge < -0.3 is 4.74 Å². The van der Waals surface area contributed by atoms with Gasteiger partial charge in [0.2, 0.25) is 0 Å². The molecule has 2 nitrogen and oxygen atoms in total. The molecule has 0 aromatic carbocycles. The van der Waals surface area contributed by atoms with Crippen LogP contribution in [0.4, 0.5) is 0 Å². The van der Waals surface area contributed by atoms with Crippen LogP contribution < -0.4 is 0 Å². The van der Waals surface area contributed by atoms with Gasteiger partial charge in [-0.05, 0) is 88.9 Å². The Hall–Kier alpha value is -0.630. The first-order valence-electron chi connectivity index (χ1n) is 10.5. The monoisotopic (exact) mass is 344 g/mol. The van der Waals surface area contributed by atoms with E-state index in [4.69, 9.17) is 4.74 Å². The second kappa shape index (κ2) is 5.68. The summed E-state index contributed by atoms with van der Waals surface area (Å²) in [6.07, 6.45) is 12.1. The van der Waals surface area contributed by atoms with Crippen LogP contribution >= 0.6 is 0 Å². The Morgan fingerprint density at radius 2 is 1.72 bits per heavy atom. The summed E-state index contributed by atoms with van der Waals surface area (Å²) in [5.74, 6) is 2.71. The standard InChI is InChI=1S/C23H36O2/c1-21(2,3)25-16-10-12-22(4)15(14-16)6-7-17-18-8-9-20(24)23(18,5)13-11-19(17)22/h6,16-19H,7-14H2,1-5H3/t16-,17+,18+,19+,22-,23-/m0/s1. The van der Waals surface area contributed by atoms with E-state index < -0.39 is 0 Å². The van der Waals surface area contributed by atoms with E-state index in [2.05, 4.69) is 40.7 Å². The predicted octanol–water partition coefficient (Wildman–Crippen LogP) is 5.70. The normalized spacial score (nSPS) is 46.9. The van der Waals surface area contributed by atoms with Crippen molar-refractivity contribution in [2.24, 2.45) is 28.6 Å². The lowest BCUT2D eigenvalue weighted by Gasteiger charge is -2.57. The van der Waals surface area contributed by atoms with E-state index in [1.807, 2.05) is 0 Å². The second-order valence-corrected chi connectivity index (χ2v) is 10.8. The van der Waals surface area contributed by atoms with Crippen LogP contribution in [-0.2, 0) is 9.53 Å². The molecule has 0 spiro atoms. The van der Waals surface area contributed by atoms with Crippen molar-refractivity contribution in [2.75, 3.05) is 0 Å². The number of carbonyl (C=O) groups excluding carboxylic acids is 1. The van der Waals surface area contributed by atoms with E-state index in [0.29, 0.717) is 23.2 Å². The minimum absolute atomic E-state index is 0.00455. The highest BCUT2D eigenvalue weighted by atomic mass is 16.5. The maximum absolute atomic E-state index is 12.5. The maximum Gasteiger partial charge on any atom is 0.139 e. The van der Waals surface area contributed by atoms with Crippen molar-refractivity contribution in [2.45, 2.75) is 97.7 Å². The Bertz CT molecular complexity index is 598. The highest BCUT2D eigenvalue weighted by molar-refractivity contribution is 5.87. The quantitative estimate of drug-likeness (QED) is 0.570. The van der Waals surface area contributed by atoms with Gasteiger partial charge >= 0.3 is 0 Å². The Morgan fingerprint density at radius 1 is 1.04 bits per heavy atom. The van der Waals surface area contributed by atoms with E-state index in [-0.39, 0.29) is 11.0 Å². The SMILES string of the molecule is CC(C)(C)O[C@H]1CC[C@@]2(C)C(=CC[C@H]3[C@H]2CC[C@]2(C)C(=O)CC[C@H]32)C1. The average Bonchev–Trinajstić information content (AvgIpc) is 2.82. The van der Waals surface area contributed by atoms with Gasteiger partial charge in [-0.2, -0.15) is 0 Å². The summed E-state index contributed by atoms with van der Waals surface area (Å²) in [7, 11) is 0. The molecule has 4 aliphatic carbocycles. The van der Waals surface area contributed by atoms with Crippen LogP contribution in [0, 0.1) is 28.6 Å². The fourth-order valence-electron chi connectivity index (χ4n) is 7.00. The molecule has 6 atom stereocenters.